The molecule has 0 aromatic heterocycles. The van der Waals surface area contributed by atoms with Crippen molar-refractivity contribution in [1.29, 1.82) is 0 Å². The van der Waals surface area contributed by atoms with Gasteiger partial charge in [-0.1, -0.05) is 42.0 Å². The standard InChI is InChI=1S/C23H29NO5/c1-14-4-2-5-15(10-14)12-24-9-3-6-16-7-8-17(11-18(16)24)23-22(28)21(27)20(26)19(13-25)29-23/h2,4-5,7-8,10-11,19-23,25-28H,3,6,9,12-13H2,1H3/t19-,20-,21+,22-,23+/m1/s1. The van der Waals surface area contributed by atoms with Crippen LogP contribution in [-0.4, -0.2) is 58.0 Å². The number of nitrogens with zero attached hydrogens (tertiary/aromatic N) is 1. The lowest BCUT2D eigenvalue weighted by molar-refractivity contribution is -0.231. The van der Waals surface area contributed by atoms with E-state index in [-0.39, 0.29) is 0 Å². The Kier molecular flexibility index (Phi) is 5.90. The molecule has 1 saturated heterocycles. The first-order chi connectivity index (χ1) is 14.0. The van der Waals surface area contributed by atoms with Gasteiger partial charge in [-0.05, 0) is 42.5 Å². The van der Waals surface area contributed by atoms with Crippen molar-refractivity contribution < 1.29 is 25.2 Å². The van der Waals surface area contributed by atoms with Crippen LogP contribution in [0, 0.1) is 6.92 Å². The highest BCUT2D eigenvalue weighted by atomic mass is 16.5. The van der Waals surface area contributed by atoms with Crippen LogP contribution in [-0.2, 0) is 17.7 Å². The van der Waals surface area contributed by atoms with Crippen LogP contribution >= 0.6 is 0 Å². The van der Waals surface area contributed by atoms with Crippen LogP contribution in [0.1, 0.15) is 34.8 Å². The third-order valence-electron chi connectivity index (χ3n) is 6.00. The molecule has 4 rings (SSSR count). The average Bonchev–Trinajstić information content (AvgIpc) is 2.72. The number of rotatable bonds is 4. The van der Waals surface area contributed by atoms with E-state index in [1.54, 1.807) is 0 Å². The molecule has 6 nitrogen and oxygen atoms in total. The Morgan fingerprint density at radius 2 is 1.86 bits per heavy atom. The molecule has 2 aromatic rings. The van der Waals surface area contributed by atoms with Crippen LogP contribution in [0.2, 0.25) is 0 Å². The summed E-state index contributed by atoms with van der Waals surface area (Å²) in [5.74, 6) is 0. The molecule has 2 aromatic carbocycles. The fourth-order valence-corrected chi connectivity index (χ4v) is 4.42. The lowest BCUT2D eigenvalue weighted by Crippen LogP contribution is -2.55. The van der Waals surface area contributed by atoms with E-state index >= 15 is 0 Å². The largest absolute Gasteiger partial charge is 0.394 e. The summed E-state index contributed by atoms with van der Waals surface area (Å²) in [7, 11) is 0. The Bertz CT molecular complexity index is 855. The second kappa shape index (κ2) is 8.42. The van der Waals surface area contributed by atoms with Crippen molar-refractivity contribution in [3.63, 3.8) is 0 Å². The van der Waals surface area contributed by atoms with E-state index in [0.29, 0.717) is 0 Å². The van der Waals surface area contributed by atoms with Gasteiger partial charge in [-0.25, -0.2) is 0 Å². The minimum absolute atomic E-state index is 0.425. The predicted molar refractivity (Wildman–Crippen MR) is 110 cm³/mol. The smallest absolute Gasteiger partial charge is 0.113 e. The van der Waals surface area contributed by atoms with Crippen LogP contribution in [0.15, 0.2) is 42.5 Å². The van der Waals surface area contributed by atoms with E-state index in [1.165, 1.54) is 16.7 Å². The van der Waals surface area contributed by atoms with Gasteiger partial charge in [0.25, 0.3) is 0 Å². The summed E-state index contributed by atoms with van der Waals surface area (Å²) in [5.41, 5.74) is 5.56. The number of ether oxygens (including phenoxy) is 1. The van der Waals surface area contributed by atoms with Gasteiger partial charge in [-0.3, -0.25) is 0 Å². The fraction of sp³-hybridized carbons (Fsp3) is 0.478. The summed E-state index contributed by atoms with van der Waals surface area (Å²) >= 11 is 0. The van der Waals surface area contributed by atoms with Crippen molar-refractivity contribution in [2.75, 3.05) is 18.1 Å². The Morgan fingerprint density at radius 3 is 2.62 bits per heavy atom. The first-order valence-corrected chi connectivity index (χ1v) is 10.2. The lowest BCUT2D eigenvalue weighted by atomic mass is 9.89. The molecule has 0 amide bonds. The molecule has 0 spiro atoms. The quantitative estimate of drug-likeness (QED) is 0.622. The molecule has 4 N–H and O–H groups in total. The van der Waals surface area contributed by atoms with Gasteiger partial charge in [0.15, 0.2) is 0 Å². The molecule has 0 saturated carbocycles. The molecular weight excluding hydrogens is 370 g/mol. The first kappa shape index (κ1) is 20.3. The molecular formula is C23H29NO5. The molecule has 6 heteroatoms. The topological polar surface area (TPSA) is 93.4 Å². The average molecular weight is 399 g/mol. The van der Waals surface area contributed by atoms with E-state index in [1.807, 2.05) is 12.1 Å². The summed E-state index contributed by atoms with van der Waals surface area (Å²) < 4.78 is 5.75. The first-order valence-electron chi connectivity index (χ1n) is 10.2. The molecule has 2 aliphatic heterocycles. The number of fused-ring (bicyclic) bond motifs is 1. The Hall–Kier alpha value is -1.96. The van der Waals surface area contributed by atoms with Gasteiger partial charge in [0.05, 0.1) is 6.61 Å². The zero-order valence-corrected chi connectivity index (χ0v) is 16.6. The Labute approximate surface area is 171 Å². The molecule has 2 heterocycles. The van der Waals surface area contributed by atoms with Crippen LogP contribution in [0.3, 0.4) is 0 Å². The van der Waals surface area contributed by atoms with E-state index < -0.39 is 37.1 Å². The second-order valence-corrected chi connectivity index (χ2v) is 8.15. The van der Waals surface area contributed by atoms with Crippen LogP contribution in [0.5, 0.6) is 0 Å². The van der Waals surface area contributed by atoms with E-state index in [0.717, 1.165) is 37.2 Å². The van der Waals surface area contributed by atoms with Crippen molar-refractivity contribution in [3.8, 4) is 0 Å². The van der Waals surface area contributed by atoms with Crippen molar-refractivity contribution >= 4 is 5.69 Å². The zero-order valence-electron chi connectivity index (χ0n) is 16.6. The van der Waals surface area contributed by atoms with Gasteiger partial charge in [0.1, 0.15) is 30.5 Å². The number of hydrogen-bond acceptors (Lipinski definition) is 6. The predicted octanol–water partition coefficient (Wildman–Crippen LogP) is 1.46. The highest BCUT2D eigenvalue weighted by molar-refractivity contribution is 5.58. The van der Waals surface area contributed by atoms with E-state index in [9.17, 15) is 20.4 Å². The number of anilines is 1. The second-order valence-electron chi connectivity index (χ2n) is 8.15. The van der Waals surface area contributed by atoms with E-state index in [2.05, 4.69) is 42.2 Å². The van der Waals surface area contributed by atoms with Crippen molar-refractivity contribution in [2.24, 2.45) is 0 Å². The normalized spacial score (nSPS) is 29.6. The molecule has 156 valence electrons. The SMILES string of the molecule is Cc1cccc(CN2CCCc3ccc([C@@H]4O[C@H](CO)[C@@H](O)[C@H](O)[C@H]4O)cc32)c1. The summed E-state index contributed by atoms with van der Waals surface area (Å²) in [4.78, 5) is 2.33. The third-order valence-corrected chi connectivity index (χ3v) is 6.00. The van der Waals surface area contributed by atoms with Gasteiger partial charge in [0.2, 0.25) is 0 Å². The van der Waals surface area contributed by atoms with E-state index in [4.69, 9.17) is 4.74 Å². The van der Waals surface area contributed by atoms with Gasteiger partial charge in [-0.2, -0.15) is 0 Å². The minimum atomic E-state index is -1.37. The summed E-state index contributed by atoms with van der Waals surface area (Å²) in [6.45, 7) is 3.41. The van der Waals surface area contributed by atoms with Crippen molar-refractivity contribution in [3.05, 3.63) is 64.7 Å². The Morgan fingerprint density at radius 1 is 1.03 bits per heavy atom. The lowest BCUT2D eigenvalue weighted by Gasteiger charge is -2.41. The maximum atomic E-state index is 10.5. The van der Waals surface area contributed by atoms with Crippen LogP contribution in [0.25, 0.3) is 0 Å². The summed E-state index contributed by atoms with van der Waals surface area (Å²) in [6.07, 6.45) is -3.62. The summed E-state index contributed by atoms with van der Waals surface area (Å²) in [5, 5.41) is 40.1. The van der Waals surface area contributed by atoms with Crippen molar-refractivity contribution in [1.82, 2.24) is 0 Å². The number of hydrogen-bond donors (Lipinski definition) is 4. The molecule has 0 radical (unpaired) electrons. The molecule has 0 aliphatic carbocycles. The molecule has 29 heavy (non-hydrogen) atoms. The fourth-order valence-electron chi connectivity index (χ4n) is 4.42. The van der Waals surface area contributed by atoms with Crippen molar-refractivity contribution in [2.45, 2.75) is 56.8 Å². The number of aliphatic hydroxyl groups excluding tert-OH is 4. The van der Waals surface area contributed by atoms with Crippen LogP contribution in [0.4, 0.5) is 5.69 Å². The highest BCUT2D eigenvalue weighted by Gasteiger charge is 2.44. The van der Waals surface area contributed by atoms with Gasteiger partial charge < -0.3 is 30.1 Å². The molecule has 0 bridgehead atoms. The number of benzene rings is 2. The Balaban J connectivity index is 1.63. The molecule has 0 unspecified atom stereocenters. The van der Waals surface area contributed by atoms with Gasteiger partial charge in [-0.15, -0.1) is 0 Å². The molecule has 5 atom stereocenters. The summed E-state index contributed by atoms with van der Waals surface area (Å²) in [6, 6.07) is 14.4. The molecule has 1 fully saturated rings. The third kappa shape index (κ3) is 4.04. The van der Waals surface area contributed by atoms with Gasteiger partial charge >= 0.3 is 0 Å². The molecule has 2 aliphatic rings. The maximum absolute atomic E-state index is 10.5. The van der Waals surface area contributed by atoms with Gasteiger partial charge in [0, 0.05) is 18.8 Å². The number of aliphatic hydroxyl groups is 4. The monoisotopic (exact) mass is 399 g/mol. The minimum Gasteiger partial charge on any atom is -0.394 e. The highest BCUT2D eigenvalue weighted by Crippen LogP contribution is 2.37. The maximum Gasteiger partial charge on any atom is 0.113 e. The van der Waals surface area contributed by atoms with Crippen LogP contribution < -0.4 is 4.90 Å². The number of aryl methyl sites for hydroxylation is 2. The zero-order chi connectivity index (χ0) is 20.5.